The van der Waals surface area contributed by atoms with E-state index in [1.165, 1.54) is 22.3 Å². The molecule has 0 spiro atoms. The fourth-order valence-electron chi connectivity index (χ4n) is 6.42. The van der Waals surface area contributed by atoms with Crippen molar-refractivity contribution in [3.8, 4) is 12.3 Å². The number of benzene rings is 2. The number of carbonyl (C=O) groups excluding carboxylic acids is 2. The third-order valence-corrected chi connectivity index (χ3v) is 9.91. The molecule has 1 aromatic heterocycles. The molecule has 296 valence electrons. The number of ether oxygens (including phenoxy) is 2. The first-order valence-electron chi connectivity index (χ1n) is 19.4. The Bertz CT molecular complexity index is 1640. The lowest BCUT2D eigenvalue weighted by molar-refractivity contribution is 0.0140. The van der Waals surface area contributed by atoms with E-state index in [-0.39, 0.29) is 12.2 Å². The molecule has 2 saturated heterocycles. The highest BCUT2D eigenvalue weighted by Crippen LogP contribution is 2.32. The minimum atomic E-state index is -0.461. The Morgan fingerprint density at radius 1 is 0.796 bits per heavy atom. The lowest BCUT2D eigenvalue weighted by Gasteiger charge is -2.36. The highest BCUT2D eigenvalue weighted by atomic mass is 79.9. The number of alkyl halides is 1. The van der Waals surface area contributed by atoms with Crippen LogP contribution < -0.4 is 0 Å². The summed E-state index contributed by atoms with van der Waals surface area (Å²) in [4.78, 5) is 27.7. The standard InChI is InChI=1S/C22H32N4O2.C13H21NO2.C9H11Br/c1-16-6-8-18(9-7-16)10-13-26-15-20(23-24-26)19-11-12-25(14-17(19)2)21(27)28-22(3,4)5;1-6-11-7-8-14(9-10(11)2)12(15)16-13(3,4)5;1-8-2-4-9(5-3-8)6-7-10/h6-9,15,17,19H,10-14H2,1-5H3;1,10-11H,7-9H2,2-5H3;2-5H,6-7H2,1H3/t17-,19-;10-,11-;/m11./s1. The molecule has 2 amide bonds. The maximum Gasteiger partial charge on any atom is 0.410 e. The van der Waals surface area contributed by atoms with Crippen molar-refractivity contribution < 1.29 is 19.1 Å². The zero-order chi connectivity index (χ0) is 40.1. The largest absolute Gasteiger partial charge is 0.444 e. The molecule has 0 bridgehead atoms. The van der Waals surface area contributed by atoms with Gasteiger partial charge in [-0.1, -0.05) is 94.6 Å². The normalized spacial score (nSPS) is 20.0. The number of likely N-dealkylation sites (tertiary alicyclic amines) is 2. The molecule has 2 aliphatic rings. The minimum absolute atomic E-state index is 0.223. The van der Waals surface area contributed by atoms with Crippen LogP contribution in [-0.4, -0.2) is 79.7 Å². The first-order chi connectivity index (χ1) is 25.4. The topological polar surface area (TPSA) is 89.8 Å². The molecule has 0 unspecified atom stereocenters. The number of piperidine rings is 2. The molecule has 0 saturated carbocycles. The maximum absolute atomic E-state index is 12.3. The fourth-order valence-corrected chi connectivity index (χ4v) is 6.88. The average Bonchev–Trinajstić information content (AvgIpc) is 3.57. The van der Waals surface area contributed by atoms with Crippen molar-refractivity contribution in [3.63, 3.8) is 0 Å². The Balaban J connectivity index is 0.000000252. The van der Waals surface area contributed by atoms with Crippen LogP contribution in [0, 0.1) is 43.9 Å². The molecule has 9 nitrogen and oxygen atoms in total. The van der Waals surface area contributed by atoms with Crippen LogP contribution in [0.5, 0.6) is 0 Å². The Morgan fingerprint density at radius 2 is 1.28 bits per heavy atom. The molecular weight excluding hydrogens is 742 g/mol. The van der Waals surface area contributed by atoms with Gasteiger partial charge in [-0.2, -0.15) is 0 Å². The van der Waals surface area contributed by atoms with Crippen molar-refractivity contribution in [2.45, 2.75) is 119 Å². The van der Waals surface area contributed by atoms with Gasteiger partial charge in [0.05, 0.1) is 5.69 Å². The number of rotatable bonds is 6. The van der Waals surface area contributed by atoms with Crippen LogP contribution in [0.15, 0.2) is 54.7 Å². The highest BCUT2D eigenvalue weighted by Gasteiger charge is 2.33. The summed E-state index contributed by atoms with van der Waals surface area (Å²) in [5.41, 5.74) is 5.46. The first kappa shape index (κ1) is 44.6. The zero-order valence-electron chi connectivity index (χ0n) is 34.4. The number of hydrogen-bond acceptors (Lipinski definition) is 6. The van der Waals surface area contributed by atoms with Gasteiger partial charge in [0.2, 0.25) is 0 Å². The molecule has 5 rings (SSSR count). The lowest BCUT2D eigenvalue weighted by Crippen LogP contribution is -2.44. The number of aryl methyl sites for hydroxylation is 5. The van der Waals surface area contributed by atoms with Gasteiger partial charge in [-0.25, -0.2) is 9.59 Å². The summed E-state index contributed by atoms with van der Waals surface area (Å²) < 4.78 is 12.8. The number of hydrogen-bond donors (Lipinski definition) is 0. The van der Waals surface area contributed by atoms with Gasteiger partial charge in [0, 0.05) is 56.1 Å². The Hall–Kier alpha value is -3.84. The molecule has 2 fully saturated rings. The molecule has 4 atom stereocenters. The maximum atomic E-state index is 12.3. The van der Waals surface area contributed by atoms with Crippen LogP contribution in [0.1, 0.15) is 102 Å². The van der Waals surface area contributed by atoms with E-state index < -0.39 is 11.2 Å². The number of terminal acetylenes is 1. The summed E-state index contributed by atoms with van der Waals surface area (Å²) in [5.74, 6) is 4.07. The van der Waals surface area contributed by atoms with Crippen LogP contribution >= 0.6 is 15.9 Å². The van der Waals surface area contributed by atoms with Gasteiger partial charge in [0.1, 0.15) is 11.2 Å². The predicted octanol–water partition coefficient (Wildman–Crippen LogP) is 9.63. The minimum Gasteiger partial charge on any atom is -0.444 e. The molecule has 2 aliphatic heterocycles. The van der Waals surface area contributed by atoms with E-state index in [1.807, 2.05) is 51.1 Å². The van der Waals surface area contributed by atoms with Crippen LogP contribution in [0.25, 0.3) is 0 Å². The van der Waals surface area contributed by atoms with E-state index in [2.05, 4.69) is 115 Å². The van der Waals surface area contributed by atoms with Gasteiger partial charge in [-0.15, -0.1) is 17.4 Å². The molecule has 0 radical (unpaired) electrons. The summed E-state index contributed by atoms with van der Waals surface area (Å²) in [6, 6.07) is 17.3. The monoisotopic (exact) mass is 805 g/mol. The summed E-state index contributed by atoms with van der Waals surface area (Å²) in [6.07, 6.45) is 10.9. The number of amides is 2. The quantitative estimate of drug-likeness (QED) is 0.182. The zero-order valence-corrected chi connectivity index (χ0v) is 36.0. The van der Waals surface area contributed by atoms with E-state index in [1.54, 1.807) is 4.90 Å². The second-order valence-electron chi connectivity index (χ2n) is 16.8. The molecule has 2 aromatic carbocycles. The van der Waals surface area contributed by atoms with Crippen molar-refractivity contribution in [2.24, 2.45) is 17.8 Å². The van der Waals surface area contributed by atoms with Gasteiger partial charge >= 0.3 is 12.2 Å². The van der Waals surface area contributed by atoms with Gasteiger partial charge < -0.3 is 19.3 Å². The van der Waals surface area contributed by atoms with Crippen molar-refractivity contribution in [1.82, 2.24) is 24.8 Å². The fraction of sp³-hybridized carbons (Fsp3) is 0.591. The van der Waals surface area contributed by atoms with Gasteiger partial charge in [-0.3, -0.25) is 4.68 Å². The molecule has 0 aliphatic carbocycles. The molecule has 54 heavy (non-hydrogen) atoms. The van der Waals surface area contributed by atoms with Crippen molar-refractivity contribution in [2.75, 3.05) is 31.5 Å². The van der Waals surface area contributed by atoms with Crippen molar-refractivity contribution >= 4 is 28.1 Å². The number of carbonyl (C=O) groups is 2. The molecule has 0 N–H and O–H groups in total. The Morgan fingerprint density at radius 3 is 1.72 bits per heavy atom. The van der Waals surface area contributed by atoms with E-state index >= 15 is 0 Å². The van der Waals surface area contributed by atoms with Crippen LogP contribution in [0.4, 0.5) is 9.59 Å². The van der Waals surface area contributed by atoms with Crippen molar-refractivity contribution in [3.05, 3.63) is 82.7 Å². The average molecular weight is 807 g/mol. The Kier molecular flexibility index (Phi) is 17.1. The van der Waals surface area contributed by atoms with Crippen LogP contribution in [0.2, 0.25) is 0 Å². The SMILES string of the molecule is C#C[C@@H]1CCN(C(=O)OC(C)(C)C)C[C@H]1C.Cc1ccc(CCBr)cc1.Cc1ccc(CCn2cc([C@@H]3CCN(C(=O)OC(C)(C)C)C[C@H]3C)nn2)cc1. The smallest absolute Gasteiger partial charge is 0.410 e. The van der Waals surface area contributed by atoms with E-state index in [0.29, 0.717) is 49.9 Å². The van der Waals surface area contributed by atoms with Gasteiger partial charge in [0.15, 0.2) is 0 Å². The molecular formula is C44H64BrN5O4. The highest BCUT2D eigenvalue weighted by molar-refractivity contribution is 9.09. The van der Waals surface area contributed by atoms with E-state index in [9.17, 15) is 9.59 Å². The van der Waals surface area contributed by atoms with Crippen molar-refractivity contribution in [1.29, 1.82) is 0 Å². The third kappa shape index (κ3) is 15.5. The van der Waals surface area contributed by atoms with Gasteiger partial charge in [0.25, 0.3) is 0 Å². The Labute approximate surface area is 333 Å². The summed E-state index contributed by atoms with van der Waals surface area (Å²) in [5, 5.41) is 9.80. The summed E-state index contributed by atoms with van der Waals surface area (Å²) in [7, 11) is 0. The van der Waals surface area contributed by atoms with Crippen LogP contribution in [0.3, 0.4) is 0 Å². The predicted molar refractivity (Wildman–Crippen MR) is 222 cm³/mol. The second kappa shape index (κ2) is 20.7. The summed E-state index contributed by atoms with van der Waals surface area (Å²) in [6.45, 7) is 23.4. The number of nitrogens with zero attached hydrogens (tertiary/aromatic N) is 5. The molecule has 10 heteroatoms. The number of aromatic nitrogens is 3. The van der Waals surface area contributed by atoms with E-state index in [4.69, 9.17) is 15.9 Å². The van der Waals surface area contributed by atoms with E-state index in [0.717, 1.165) is 43.3 Å². The molecule has 3 aromatic rings. The number of halogens is 1. The summed E-state index contributed by atoms with van der Waals surface area (Å²) >= 11 is 3.40. The second-order valence-corrected chi connectivity index (χ2v) is 17.6. The van der Waals surface area contributed by atoms with Gasteiger partial charge in [-0.05, 0) is 104 Å². The first-order valence-corrected chi connectivity index (χ1v) is 20.5. The molecule has 3 heterocycles. The van der Waals surface area contributed by atoms with Crippen LogP contribution in [-0.2, 0) is 28.9 Å². The third-order valence-electron chi connectivity index (χ3n) is 9.52. The lowest BCUT2D eigenvalue weighted by atomic mass is 9.85.